The van der Waals surface area contributed by atoms with E-state index in [1.54, 1.807) is 36.4 Å². The van der Waals surface area contributed by atoms with Gasteiger partial charge in [-0.25, -0.2) is 0 Å². The second-order valence-electron chi connectivity index (χ2n) is 4.90. The van der Waals surface area contributed by atoms with Crippen LogP contribution in [-0.4, -0.2) is 27.2 Å². The molecule has 0 unspecified atom stereocenters. The zero-order chi connectivity index (χ0) is 18.4. The van der Waals surface area contributed by atoms with Crippen molar-refractivity contribution in [2.45, 2.75) is 0 Å². The van der Waals surface area contributed by atoms with Crippen LogP contribution in [0.1, 0.15) is 5.56 Å². The van der Waals surface area contributed by atoms with Crippen molar-refractivity contribution < 1.29 is 19.0 Å². The largest absolute Gasteiger partial charge is 0.493 e. The number of hydrogen-bond donors (Lipinski definition) is 1. The highest BCUT2D eigenvalue weighted by molar-refractivity contribution is 6.35. The van der Waals surface area contributed by atoms with Crippen LogP contribution < -0.4 is 19.5 Å². The summed E-state index contributed by atoms with van der Waals surface area (Å²) in [6.07, 6.45) is 2.98. The Morgan fingerprint density at radius 1 is 1.00 bits per heavy atom. The minimum Gasteiger partial charge on any atom is -0.493 e. The summed E-state index contributed by atoms with van der Waals surface area (Å²) < 4.78 is 15.8. The summed E-state index contributed by atoms with van der Waals surface area (Å²) in [4.78, 5) is 12.1. The van der Waals surface area contributed by atoms with E-state index in [0.717, 1.165) is 0 Å². The molecule has 0 atom stereocenters. The molecule has 0 spiro atoms. The van der Waals surface area contributed by atoms with E-state index in [9.17, 15) is 4.79 Å². The Bertz CT molecular complexity index is 781. The van der Waals surface area contributed by atoms with Gasteiger partial charge in [-0.1, -0.05) is 29.3 Å². The summed E-state index contributed by atoms with van der Waals surface area (Å²) in [6.45, 7) is 0. The summed E-state index contributed by atoms with van der Waals surface area (Å²) in [5, 5.41) is 3.73. The molecule has 0 radical (unpaired) electrons. The molecular formula is C18H17Cl2NO4. The lowest BCUT2D eigenvalue weighted by Crippen LogP contribution is -2.08. The monoisotopic (exact) mass is 381 g/mol. The summed E-state index contributed by atoms with van der Waals surface area (Å²) in [6, 6.07) is 8.32. The van der Waals surface area contributed by atoms with E-state index >= 15 is 0 Å². The zero-order valence-corrected chi connectivity index (χ0v) is 15.4. The molecule has 0 fully saturated rings. The summed E-state index contributed by atoms with van der Waals surface area (Å²) in [5.41, 5.74) is 1.19. The van der Waals surface area contributed by atoms with Crippen molar-refractivity contribution in [3.05, 3.63) is 52.0 Å². The zero-order valence-electron chi connectivity index (χ0n) is 13.9. The molecule has 1 amide bonds. The van der Waals surface area contributed by atoms with Crippen molar-refractivity contribution in [2.75, 3.05) is 26.6 Å². The van der Waals surface area contributed by atoms with E-state index < -0.39 is 0 Å². The fourth-order valence-electron chi connectivity index (χ4n) is 2.14. The maximum Gasteiger partial charge on any atom is 0.248 e. The molecule has 7 heteroatoms. The SMILES string of the molecule is COc1cc(NC(=O)/C=C/c2ccc(Cl)cc2Cl)cc(OC)c1OC. The van der Waals surface area contributed by atoms with Gasteiger partial charge in [-0.05, 0) is 23.8 Å². The van der Waals surface area contributed by atoms with Crippen LogP contribution in [-0.2, 0) is 4.79 Å². The van der Waals surface area contributed by atoms with Gasteiger partial charge >= 0.3 is 0 Å². The third kappa shape index (κ3) is 4.81. The topological polar surface area (TPSA) is 56.8 Å². The number of methoxy groups -OCH3 is 3. The second-order valence-corrected chi connectivity index (χ2v) is 5.75. The molecule has 0 aliphatic rings. The van der Waals surface area contributed by atoms with Gasteiger partial charge in [0.05, 0.1) is 21.3 Å². The Balaban J connectivity index is 2.18. The molecule has 0 saturated carbocycles. The number of nitrogens with one attached hydrogen (secondary N) is 1. The Labute approximate surface area is 156 Å². The normalized spacial score (nSPS) is 10.6. The molecule has 2 aromatic rings. The molecule has 0 bridgehead atoms. The lowest BCUT2D eigenvalue weighted by molar-refractivity contribution is -0.111. The van der Waals surface area contributed by atoms with Crippen molar-refractivity contribution in [3.8, 4) is 17.2 Å². The lowest BCUT2D eigenvalue weighted by atomic mass is 10.2. The maximum atomic E-state index is 12.1. The predicted octanol–water partition coefficient (Wildman–Crippen LogP) is 4.67. The van der Waals surface area contributed by atoms with Gasteiger partial charge in [-0.15, -0.1) is 0 Å². The minimum atomic E-state index is -0.333. The van der Waals surface area contributed by atoms with Crippen molar-refractivity contribution >= 4 is 40.9 Å². The maximum absolute atomic E-state index is 12.1. The molecule has 0 aliphatic heterocycles. The first-order chi connectivity index (χ1) is 12.0. The Kier molecular flexibility index (Phi) is 6.56. The van der Waals surface area contributed by atoms with Gasteiger partial charge in [0.1, 0.15) is 0 Å². The van der Waals surface area contributed by atoms with Gasteiger partial charge in [0.25, 0.3) is 0 Å². The third-order valence-electron chi connectivity index (χ3n) is 3.31. The summed E-state index contributed by atoms with van der Waals surface area (Å²) in [7, 11) is 4.52. The van der Waals surface area contributed by atoms with Gasteiger partial charge in [-0.3, -0.25) is 4.79 Å². The minimum absolute atomic E-state index is 0.333. The van der Waals surface area contributed by atoms with E-state index in [4.69, 9.17) is 37.4 Å². The lowest BCUT2D eigenvalue weighted by Gasteiger charge is -2.14. The molecule has 1 N–H and O–H groups in total. The van der Waals surface area contributed by atoms with E-state index in [0.29, 0.717) is 38.5 Å². The highest BCUT2D eigenvalue weighted by Gasteiger charge is 2.13. The number of rotatable bonds is 6. The van der Waals surface area contributed by atoms with Gasteiger partial charge in [0, 0.05) is 33.9 Å². The molecule has 0 heterocycles. The van der Waals surface area contributed by atoms with Crippen molar-refractivity contribution in [1.82, 2.24) is 0 Å². The average molecular weight is 382 g/mol. The fraction of sp³-hybridized carbons (Fsp3) is 0.167. The number of ether oxygens (including phenoxy) is 3. The summed E-state index contributed by atoms with van der Waals surface area (Å²) >= 11 is 11.9. The quantitative estimate of drug-likeness (QED) is 0.738. The molecule has 2 rings (SSSR count). The van der Waals surface area contributed by atoms with E-state index in [1.165, 1.54) is 27.4 Å². The second kappa shape index (κ2) is 8.65. The molecule has 0 aromatic heterocycles. The Morgan fingerprint density at radius 2 is 1.64 bits per heavy atom. The van der Waals surface area contributed by atoms with Gasteiger partial charge in [0.2, 0.25) is 11.7 Å². The van der Waals surface area contributed by atoms with Crippen LogP contribution >= 0.6 is 23.2 Å². The molecule has 132 valence electrons. The van der Waals surface area contributed by atoms with Crippen LogP contribution in [0.25, 0.3) is 6.08 Å². The number of halogens is 2. The van der Waals surface area contributed by atoms with Crippen molar-refractivity contribution in [3.63, 3.8) is 0 Å². The van der Waals surface area contributed by atoms with E-state index in [1.807, 2.05) is 0 Å². The number of anilines is 1. The number of carbonyl (C=O) groups is 1. The molecular weight excluding hydrogens is 365 g/mol. The van der Waals surface area contributed by atoms with Gasteiger partial charge in [-0.2, -0.15) is 0 Å². The highest BCUT2D eigenvalue weighted by Crippen LogP contribution is 2.39. The average Bonchev–Trinajstić information content (AvgIpc) is 2.60. The van der Waals surface area contributed by atoms with E-state index in [2.05, 4.69) is 5.32 Å². The van der Waals surface area contributed by atoms with Crippen LogP contribution in [0.3, 0.4) is 0 Å². The Hall–Kier alpha value is -2.37. The van der Waals surface area contributed by atoms with Crippen LogP contribution in [0.15, 0.2) is 36.4 Å². The van der Waals surface area contributed by atoms with E-state index in [-0.39, 0.29) is 5.91 Å². The fourth-order valence-corrected chi connectivity index (χ4v) is 2.61. The van der Waals surface area contributed by atoms with Crippen LogP contribution in [0, 0.1) is 0 Å². The van der Waals surface area contributed by atoms with Crippen LogP contribution in [0.2, 0.25) is 10.0 Å². The smallest absolute Gasteiger partial charge is 0.248 e. The molecule has 25 heavy (non-hydrogen) atoms. The Morgan fingerprint density at radius 3 is 2.16 bits per heavy atom. The number of carbonyl (C=O) groups excluding carboxylic acids is 1. The van der Waals surface area contributed by atoms with Crippen LogP contribution in [0.4, 0.5) is 5.69 Å². The van der Waals surface area contributed by atoms with Gasteiger partial charge < -0.3 is 19.5 Å². The standard InChI is InChI=1S/C18H17Cl2NO4/c1-23-15-9-13(10-16(24-2)18(15)25-3)21-17(22)7-5-11-4-6-12(19)8-14(11)20/h4-10H,1-3H3,(H,21,22)/b7-5+. The predicted molar refractivity (Wildman–Crippen MR) is 100 cm³/mol. The number of amides is 1. The third-order valence-corrected chi connectivity index (χ3v) is 3.87. The van der Waals surface area contributed by atoms with Crippen molar-refractivity contribution in [2.24, 2.45) is 0 Å². The molecule has 5 nitrogen and oxygen atoms in total. The first kappa shape index (κ1) is 19.0. The van der Waals surface area contributed by atoms with Crippen molar-refractivity contribution in [1.29, 1.82) is 0 Å². The first-order valence-corrected chi connectivity index (χ1v) is 7.98. The number of benzene rings is 2. The first-order valence-electron chi connectivity index (χ1n) is 7.22. The summed E-state index contributed by atoms with van der Waals surface area (Å²) in [5.74, 6) is 1.01. The molecule has 2 aromatic carbocycles. The number of hydrogen-bond acceptors (Lipinski definition) is 4. The molecule has 0 aliphatic carbocycles. The highest BCUT2D eigenvalue weighted by atomic mass is 35.5. The van der Waals surface area contributed by atoms with Gasteiger partial charge in [0.15, 0.2) is 11.5 Å². The molecule has 0 saturated heterocycles. The van der Waals surface area contributed by atoms with Crippen LogP contribution in [0.5, 0.6) is 17.2 Å².